The fourth-order valence-electron chi connectivity index (χ4n) is 4.75. The SMILES string of the molecule is C=CS(=O)(=O)CCCC(=O)Nc1ccc(S(=O)(=O)O)c(/N=N/c2c(S(=O)(=O)O)cc3cc(S(=O)(=O)O)c(/N=N/c4ccc(S(=O)(=O)C=C)cc4)c(N)c3c2O)c1. The number of nitrogen functional groups attached to an aromatic ring is 1. The van der Waals surface area contributed by atoms with Gasteiger partial charge in [0.1, 0.15) is 31.7 Å². The van der Waals surface area contributed by atoms with E-state index in [0.717, 1.165) is 47.9 Å². The lowest BCUT2D eigenvalue weighted by Crippen LogP contribution is -2.13. The van der Waals surface area contributed by atoms with Crippen LogP contribution in [0.3, 0.4) is 0 Å². The molecule has 0 radical (unpaired) electrons. The second kappa shape index (κ2) is 15.9. The van der Waals surface area contributed by atoms with Crippen LogP contribution in [0.25, 0.3) is 10.8 Å². The van der Waals surface area contributed by atoms with Crippen LogP contribution in [-0.4, -0.2) is 72.5 Å². The summed E-state index contributed by atoms with van der Waals surface area (Å²) in [5.41, 5.74) is 2.46. The van der Waals surface area contributed by atoms with E-state index < -0.39 is 116 Å². The Balaban J connectivity index is 1.89. The van der Waals surface area contributed by atoms with Gasteiger partial charge >= 0.3 is 0 Å². The molecule has 0 aliphatic carbocycles. The molecule has 0 aliphatic rings. The zero-order chi connectivity index (χ0) is 42.0. The quantitative estimate of drug-likeness (QED) is 0.0526. The molecule has 56 heavy (non-hydrogen) atoms. The number of amides is 1. The average molecular weight is 873 g/mol. The second-order valence-corrected chi connectivity index (χ2v) is 19.3. The van der Waals surface area contributed by atoms with Gasteiger partial charge in [0, 0.05) is 22.9 Å². The molecular weight excluding hydrogens is 845 g/mol. The molecule has 26 heteroatoms. The third kappa shape index (κ3) is 10.0. The van der Waals surface area contributed by atoms with E-state index in [1.165, 1.54) is 0 Å². The van der Waals surface area contributed by atoms with Crippen LogP contribution in [0.2, 0.25) is 0 Å². The van der Waals surface area contributed by atoms with Crippen molar-refractivity contribution < 1.29 is 65.6 Å². The maximum Gasteiger partial charge on any atom is 0.296 e. The lowest BCUT2D eigenvalue weighted by molar-refractivity contribution is -0.116. The van der Waals surface area contributed by atoms with Gasteiger partial charge in [-0.25, -0.2) is 16.8 Å². The predicted molar refractivity (Wildman–Crippen MR) is 200 cm³/mol. The van der Waals surface area contributed by atoms with E-state index in [2.05, 4.69) is 38.9 Å². The largest absolute Gasteiger partial charge is 0.505 e. The van der Waals surface area contributed by atoms with Crippen LogP contribution < -0.4 is 11.1 Å². The summed E-state index contributed by atoms with van der Waals surface area (Å²) in [4.78, 5) is 9.00. The predicted octanol–water partition coefficient (Wildman–Crippen LogP) is 4.89. The summed E-state index contributed by atoms with van der Waals surface area (Å²) in [6.07, 6.45) is -0.440. The van der Waals surface area contributed by atoms with Crippen molar-refractivity contribution in [2.24, 2.45) is 20.5 Å². The van der Waals surface area contributed by atoms with Gasteiger partial charge in [-0.05, 0) is 66.4 Å². The number of carbonyl (C=O) groups excluding carboxylic acids is 1. The molecule has 0 aromatic heterocycles. The van der Waals surface area contributed by atoms with Gasteiger partial charge in [-0.15, -0.1) is 15.3 Å². The molecule has 0 heterocycles. The summed E-state index contributed by atoms with van der Waals surface area (Å²) in [7, 11) is -23.2. The molecule has 0 spiro atoms. The minimum Gasteiger partial charge on any atom is -0.505 e. The second-order valence-electron chi connectivity index (χ2n) is 11.2. The number of azo groups is 2. The molecule has 0 saturated carbocycles. The first-order valence-electron chi connectivity index (χ1n) is 14.9. The first-order valence-corrected chi connectivity index (χ1v) is 22.5. The standard InChI is InChI=1S/C30H28N6O15S5/c1-3-52(39,40)13-5-6-25(37)32-19-9-12-22(54(43,44)45)21(16-19)34-36-29-24(56(49,50)51)15-17-14-23(55(46,47)48)28(27(31)26(17)30(29)38)35-33-18-7-10-20(11-8-18)53(41,42)4-2/h3-4,7-12,14-16,38H,1-2,5-6,13,31H2,(H,32,37)(H,43,44,45)(H,46,47,48)(H,49,50,51)/b35-33+,36-34+. The van der Waals surface area contributed by atoms with Crippen LogP contribution in [0.15, 0.2) is 119 Å². The molecule has 0 unspecified atom stereocenters. The molecule has 0 saturated heterocycles. The first kappa shape index (κ1) is 43.3. The van der Waals surface area contributed by atoms with Gasteiger partial charge in [0.15, 0.2) is 25.4 Å². The highest BCUT2D eigenvalue weighted by molar-refractivity contribution is 7.94. The Kier molecular flexibility index (Phi) is 12.3. The van der Waals surface area contributed by atoms with Crippen LogP contribution in [0.5, 0.6) is 5.75 Å². The molecule has 4 aromatic rings. The number of aromatic hydroxyl groups is 1. The van der Waals surface area contributed by atoms with Crippen molar-refractivity contribution in [1.29, 1.82) is 0 Å². The molecule has 7 N–H and O–H groups in total. The summed E-state index contributed by atoms with van der Waals surface area (Å²) in [5, 5.41) is 28.7. The van der Waals surface area contributed by atoms with Crippen molar-refractivity contribution in [1.82, 2.24) is 0 Å². The Morgan fingerprint density at radius 2 is 1.27 bits per heavy atom. The number of fused-ring (bicyclic) bond motifs is 1. The van der Waals surface area contributed by atoms with Crippen LogP contribution in [-0.2, 0) is 54.8 Å². The zero-order valence-electron chi connectivity index (χ0n) is 28.1. The van der Waals surface area contributed by atoms with E-state index in [-0.39, 0.29) is 29.1 Å². The van der Waals surface area contributed by atoms with E-state index in [4.69, 9.17) is 5.73 Å². The Morgan fingerprint density at radius 1 is 0.714 bits per heavy atom. The number of hydrogen-bond donors (Lipinski definition) is 6. The number of carbonyl (C=O) groups is 1. The number of anilines is 2. The Bertz CT molecular complexity index is 2930. The van der Waals surface area contributed by atoms with Gasteiger partial charge in [0.25, 0.3) is 30.4 Å². The Hall–Kier alpha value is -5.48. The van der Waals surface area contributed by atoms with Gasteiger partial charge in [-0.3, -0.25) is 18.5 Å². The molecule has 4 rings (SSSR count). The van der Waals surface area contributed by atoms with Gasteiger partial charge in [-0.1, -0.05) is 13.2 Å². The van der Waals surface area contributed by atoms with Crippen molar-refractivity contribution >= 4 is 101 Å². The Labute approximate surface area is 319 Å². The maximum absolute atomic E-state index is 12.5. The van der Waals surface area contributed by atoms with E-state index in [1.54, 1.807) is 0 Å². The monoisotopic (exact) mass is 872 g/mol. The van der Waals surface area contributed by atoms with Crippen molar-refractivity contribution in [3.63, 3.8) is 0 Å². The average Bonchev–Trinajstić information content (AvgIpc) is 3.09. The number of nitrogens with one attached hydrogen (secondary N) is 1. The summed E-state index contributed by atoms with van der Waals surface area (Å²) in [6, 6.07) is 8.37. The number of hydrogen-bond acceptors (Lipinski definition) is 17. The minimum atomic E-state index is -5.40. The number of sulfone groups is 2. The normalized spacial score (nSPS) is 13.0. The molecule has 0 fully saturated rings. The number of nitrogens with two attached hydrogens (primary N) is 1. The lowest BCUT2D eigenvalue weighted by atomic mass is 10.1. The van der Waals surface area contributed by atoms with Crippen molar-refractivity contribution in [3.8, 4) is 5.75 Å². The number of rotatable bonds is 15. The van der Waals surface area contributed by atoms with E-state index in [1.807, 2.05) is 0 Å². The number of phenolic OH excluding ortho intramolecular Hbond substituents is 1. The topological polar surface area (TPSA) is 356 Å². The number of nitrogens with zero attached hydrogens (tertiary/aromatic N) is 4. The van der Waals surface area contributed by atoms with Gasteiger partial charge in [0.2, 0.25) is 5.91 Å². The maximum atomic E-state index is 12.5. The zero-order valence-corrected chi connectivity index (χ0v) is 32.2. The molecule has 298 valence electrons. The van der Waals surface area contributed by atoms with Crippen LogP contribution in [0, 0.1) is 0 Å². The van der Waals surface area contributed by atoms with Gasteiger partial charge in [-0.2, -0.15) is 30.4 Å². The smallest absolute Gasteiger partial charge is 0.296 e. The highest BCUT2D eigenvalue weighted by Crippen LogP contribution is 2.48. The van der Waals surface area contributed by atoms with E-state index in [0.29, 0.717) is 17.5 Å². The fraction of sp³-hybridized carbons (Fsp3) is 0.100. The van der Waals surface area contributed by atoms with E-state index >= 15 is 0 Å². The van der Waals surface area contributed by atoms with Crippen LogP contribution >= 0.6 is 0 Å². The highest BCUT2D eigenvalue weighted by atomic mass is 32.2. The third-order valence-corrected chi connectivity index (χ3v) is 12.8. The number of benzene rings is 4. The van der Waals surface area contributed by atoms with Crippen molar-refractivity contribution in [2.75, 3.05) is 16.8 Å². The summed E-state index contributed by atoms with van der Waals surface area (Å²) >= 11 is 0. The molecular formula is C30H28N6O15S5. The Morgan fingerprint density at radius 3 is 1.80 bits per heavy atom. The van der Waals surface area contributed by atoms with Crippen LogP contribution in [0.1, 0.15) is 12.8 Å². The number of phenols is 1. The molecule has 21 nitrogen and oxygen atoms in total. The highest BCUT2D eigenvalue weighted by Gasteiger charge is 2.28. The first-order chi connectivity index (χ1) is 25.8. The molecule has 0 atom stereocenters. The van der Waals surface area contributed by atoms with Crippen LogP contribution in [0.4, 0.5) is 34.1 Å². The van der Waals surface area contributed by atoms with Gasteiger partial charge < -0.3 is 16.2 Å². The molecule has 4 aromatic carbocycles. The lowest BCUT2D eigenvalue weighted by Gasteiger charge is -2.14. The summed E-state index contributed by atoms with van der Waals surface area (Å²) in [5.74, 6) is -2.36. The minimum absolute atomic E-state index is 0.0667. The molecule has 0 bridgehead atoms. The van der Waals surface area contributed by atoms with Crippen molar-refractivity contribution in [3.05, 3.63) is 78.6 Å². The summed E-state index contributed by atoms with van der Waals surface area (Å²) in [6.45, 7) is 6.37. The molecule has 1 amide bonds. The molecule has 0 aliphatic heterocycles. The third-order valence-electron chi connectivity index (χ3n) is 7.39. The van der Waals surface area contributed by atoms with E-state index in [9.17, 15) is 65.6 Å². The van der Waals surface area contributed by atoms with Gasteiger partial charge in [0.05, 0.1) is 27.4 Å². The summed E-state index contributed by atoms with van der Waals surface area (Å²) < 4.78 is 151. The fourth-order valence-corrected chi connectivity index (χ4v) is 8.10. The van der Waals surface area contributed by atoms with Crippen molar-refractivity contribution in [2.45, 2.75) is 32.4 Å².